The van der Waals surface area contributed by atoms with E-state index in [1.165, 1.54) is 13.5 Å². The number of carbonyl (C=O) groups is 2. The minimum Gasteiger partial charge on any atom is -0.493 e. The van der Waals surface area contributed by atoms with Gasteiger partial charge in [-0.05, 0) is 67.2 Å². The Labute approximate surface area is 273 Å². The first-order chi connectivity index (χ1) is 22.2. The summed E-state index contributed by atoms with van der Waals surface area (Å²) < 4.78 is 18.5. The third-order valence-corrected chi connectivity index (χ3v) is 10.7. The summed E-state index contributed by atoms with van der Waals surface area (Å²) in [5, 5.41) is 34.3. The van der Waals surface area contributed by atoms with Gasteiger partial charge in [0.15, 0.2) is 11.5 Å². The van der Waals surface area contributed by atoms with E-state index in [9.17, 15) is 24.9 Å². The highest BCUT2D eigenvalue weighted by Crippen LogP contribution is 2.51. The van der Waals surface area contributed by atoms with E-state index in [0.717, 1.165) is 51.4 Å². The number of methoxy groups -OCH3 is 1. The van der Waals surface area contributed by atoms with Crippen molar-refractivity contribution in [2.75, 3.05) is 26.9 Å². The third kappa shape index (κ3) is 7.25. The molecule has 4 aliphatic rings. The molecule has 7 atom stereocenters. The van der Waals surface area contributed by atoms with Gasteiger partial charge in [0.1, 0.15) is 18.8 Å². The average molecular weight is 643 g/mol. The number of nitrogens with one attached hydrogen (secondary N) is 1. The molecule has 0 spiro atoms. The van der Waals surface area contributed by atoms with Crippen LogP contribution in [0, 0.1) is 17.8 Å². The Morgan fingerprint density at radius 1 is 1.09 bits per heavy atom. The van der Waals surface area contributed by atoms with Crippen molar-refractivity contribution >= 4 is 11.8 Å². The summed E-state index contributed by atoms with van der Waals surface area (Å²) in [7, 11) is 1.51. The van der Waals surface area contributed by atoms with E-state index in [0.29, 0.717) is 46.0 Å². The third-order valence-electron chi connectivity index (χ3n) is 10.7. The summed E-state index contributed by atoms with van der Waals surface area (Å²) >= 11 is 0. The zero-order valence-corrected chi connectivity index (χ0v) is 28.0. The zero-order valence-electron chi connectivity index (χ0n) is 28.0. The van der Waals surface area contributed by atoms with Gasteiger partial charge in [0, 0.05) is 23.7 Å². The number of aliphatic hydroxyl groups is 3. The SMILES string of the molecule is COc1cc(CO)cc2c1O[C@@H]1[C@@H](O)[C@H](N(C(=O)CO[C@H]3C[C@@H](C)CC[C@@H]3C(C)C)C3CCCCCC3)C=C(C(=O)NCCO)[C@H]21. The Morgan fingerprint density at radius 2 is 1.83 bits per heavy atom. The smallest absolute Gasteiger partial charge is 0.249 e. The van der Waals surface area contributed by atoms with Crippen molar-refractivity contribution in [1.82, 2.24) is 10.2 Å². The van der Waals surface area contributed by atoms with Crippen LogP contribution in [0.2, 0.25) is 0 Å². The van der Waals surface area contributed by atoms with Gasteiger partial charge in [-0.25, -0.2) is 0 Å². The van der Waals surface area contributed by atoms with Crippen LogP contribution in [-0.2, 0) is 20.9 Å². The molecule has 2 fully saturated rings. The molecule has 1 aliphatic heterocycles. The summed E-state index contributed by atoms with van der Waals surface area (Å²) in [4.78, 5) is 29.9. The molecule has 0 saturated heterocycles. The van der Waals surface area contributed by atoms with Gasteiger partial charge >= 0.3 is 0 Å². The number of carbonyl (C=O) groups excluding carboxylic acids is 2. The number of hydrogen-bond donors (Lipinski definition) is 4. The zero-order chi connectivity index (χ0) is 33.0. The van der Waals surface area contributed by atoms with E-state index in [4.69, 9.17) is 14.2 Å². The number of amides is 2. The number of ether oxygens (including phenoxy) is 3. The molecule has 5 rings (SSSR count). The molecule has 1 aromatic rings. The van der Waals surface area contributed by atoms with Crippen molar-refractivity contribution in [3.63, 3.8) is 0 Å². The second kappa shape index (κ2) is 15.5. The molecular weight excluding hydrogens is 588 g/mol. The molecular formula is C36H54N2O8. The Morgan fingerprint density at radius 3 is 2.48 bits per heavy atom. The Balaban J connectivity index is 1.51. The Hall–Kier alpha value is -2.66. The number of rotatable bonds is 11. The summed E-state index contributed by atoms with van der Waals surface area (Å²) in [5.74, 6) is 0.968. The maximum absolute atomic E-state index is 14.4. The van der Waals surface area contributed by atoms with Crippen molar-refractivity contribution in [3.05, 3.63) is 34.9 Å². The van der Waals surface area contributed by atoms with Crippen LogP contribution in [0.15, 0.2) is 23.8 Å². The predicted molar refractivity (Wildman–Crippen MR) is 173 cm³/mol. The van der Waals surface area contributed by atoms with Gasteiger partial charge in [0.2, 0.25) is 11.8 Å². The highest BCUT2D eigenvalue weighted by molar-refractivity contribution is 5.96. The molecule has 2 saturated carbocycles. The van der Waals surface area contributed by atoms with Gasteiger partial charge in [-0.2, -0.15) is 0 Å². The molecule has 10 nitrogen and oxygen atoms in total. The van der Waals surface area contributed by atoms with Crippen LogP contribution in [0.3, 0.4) is 0 Å². The minimum absolute atomic E-state index is 0.000515. The molecule has 10 heteroatoms. The molecule has 0 aromatic heterocycles. The topological polar surface area (TPSA) is 138 Å². The number of aliphatic hydroxyl groups excluding tert-OH is 3. The Kier molecular flexibility index (Phi) is 11.7. The van der Waals surface area contributed by atoms with Crippen LogP contribution in [0.25, 0.3) is 0 Å². The van der Waals surface area contributed by atoms with Crippen LogP contribution in [-0.4, -0.2) is 89.3 Å². The molecule has 0 radical (unpaired) electrons. The van der Waals surface area contributed by atoms with Gasteiger partial charge < -0.3 is 39.7 Å². The van der Waals surface area contributed by atoms with E-state index in [2.05, 4.69) is 26.1 Å². The maximum Gasteiger partial charge on any atom is 0.249 e. The predicted octanol–water partition coefficient (Wildman–Crippen LogP) is 3.84. The average Bonchev–Trinajstić information content (AvgIpc) is 3.23. The van der Waals surface area contributed by atoms with Gasteiger partial charge in [-0.3, -0.25) is 9.59 Å². The van der Waals surface area contributed by atoms with Crippen LogP contribution >= 0.6 is 0 Å². The van der Waals surface area contributed by atoms with E-state index in [-0.39, 0.29) is 44.4 Å². The standard InChI is InChI=1S/C36H54N2O8/c1-21(2)25-12-11-22(3)15-29(25)45-20-31(41)38(24-9-7-5-6-8-10-24)28-18-27(36(43)37-13-14-39)32-26-16-23(19-40)17-30(44-4)34(26)46-35(32)33(28)42/h16-18,21-22,24-25,28-29,32-33,35,39-40,42H,5-15,19-20H2,1-4H3,(H,37,43)/t22-,25+,28+,29-,32-,33-,35-/m0/s1. The minimum atomic E-state index is -1.14. The molecule has 0 unspecified atom stereocenters. The largest absolute Gasteiger partial charge is 0.493 e. The van der Waals surface area contributed by atoms with Crippen molar-refractivity contribution < 1.29 is 39.1 Å². The summed E-state index contributed by atoms with van der Waals surface area (Å²) in [6.07, 6.45) is 8.69. The second-order valence-electron chi connectivity index (χ2n) is 14.1. The lowest BCUT2D eigenvalue weighted by Gasteiger charge is -2.44. The molecule has 0 bridgehead atoms. The van der Waals surface area contributed by atoms with Gasteiger partial charge in [-0.1, -0.05) is 52.9 Å². The highest BCUT2D eigenvalue weighted by atomic mass is 16.5. The molecule has 2 amide bonds. The normalized spacial score (nSPS) is 29.7. The van der Waals surface area contributed by atoms with Crippen LogP contribution in [0.5, 0.6) is 11.5 Å². The number of fused-ring (bicyclic) bond motifs is 3. The first-order valence-corrected chi connectivity index (χ1v) is 17.4. The fourth-order valence-electron chi connectivity index (χ4n) is 8.30. The van der Waals surface area contributed by atoms with Gasteiger partial charge in [0.05, 0.1) is 38.4 Å². The molecule has 1 aromatic carbocycles. The van der Waals surface area contributed by atoms with Crippen molar-refractivity contribution in [2.24, 2.45) is 17.8 Å². The van der Waals surface area contributed by atoms with E-state index < -0.39 is 30.1 Å². The van der Waals surface area contributed by atoms with Crippen molar-refractivity contribution in [2.45, 2.75) is 121 Å². The van der Waals surface area contributed by atoms with Gasteiger partial charge in [-0.15, -0.1) is 0 Å². The van der Waals surface area contributed by atoms with E-state index in [1.54, 1.807) is 23.1 Å². The maximum atomic E-state index is 14.4. The lowest BCUT2D eigenvalue weighted by molar-refractivity contribution is -0.150. The quantitative estimate of drug-likeness (QED) is 0.267. The Bertz CT molecular complexity index is 1240. The summed E-state index contributed by atoms with van der Waals surface area (Å²) in [5.41, 5.74) is 1.59. The number of hydrogen-bond acceptors (Lipinski definition) is 8. The first kappa shape index (κ1) is 34.7. The molecule has 46 heavy (non-hydrogen) atoms. The van der Waals surface area contributed by atoms with E-state index in [1.807, 2.05) is 0 Å². The fraction of sp³-hybridized carbons (Fsp3) is 0.722. The molecule has 4 N–H and O–H groups in total. The van der Waals surface area contributed by atoms with Crippen LogP contribution in [0.1, 0.15) is 95.6 Å². The summed E-state index contributed by atoms with van der Waals surface area (Å²) in [6.45, 7) is 6.20. The van der Waals surface area contributed by atoms with Crippen molar-refractivity contribution in [3.8, 4) is 11.5 Å². The lowest BCUT2D eigenvalue weighted by atomic mass is 9.75. The number of benzene rings is 1. The lowest BCUT2D eigenvalue weighted by Crippen LogP contribution is -2.59. The first-order valence-electron chi connectivity index (χ1n) is 17.4. The van der Waals surface area contributed by atoms with Crippen molar-refractivity contribution in [1.29, 1.82) is 0 Å². The number of nitrogens with zero attached hydrogens (tertiary/aromatic N) is 1. The fourth-order valence-corrected chi connectivity index (χ4v) is 8.30. The highest BCUT2D eigenvalue weighted by Gasteiger charge is 2.52. The van der Waals surface area contributed by atoms with Gasteiger partial charge in [0.25, 0.3) is 0 Å². The van der Waals surface area contributed by atoms with Crippen LogP contribution < -0.4 is 14.8 Å². The molecule has 256 valence electrons. The van der Waals surface area contributed by atoms with Crippen LogP contribution in [0.4, 0.5) is 0 Å². The second-order valence-corrected chi connectivity index (χ2v) is 14.1. The van der Waals surface area contributed by atoms with E-state index >= 15 is 0 Å². The monoisotopic (exact) mass is 642 g/mol. The molecule has 3 aliphatic carbocycles. The molecule has 1 heterocycles. The summed E-state index contributed by atoms with van der Waals surface area (Å²) in [6, 6.07) is 2.53.